The molecule has 1 aliphatic heterocycles. The molecule has 0 aliphatic carbocycles. The van der Waals surface area contributed by atoms with Crippen LogP contribution in [-0.4, -0.2) is 42.6 Å². The number of hydrogen-bond donors (Lipinski definition) is 1. The molecule has 1 saturated heterocycles. The number of aromatic nitrogens is 1. The van der Waals surface area contributed by atoms with Crippen LogP contribution >= 0.6 is 11.8 Å². The highest BCUT2D eigenvalue weighted by molar-refractivity contribution is 8.01. The van der Waals surface area contributed by atoms with Crippen molar-refractivity contribution in [2.75, 3.05) is 28.7 Å². The average Bonchev–Trinajstić information content (AvgIpc) is 2.47. The van der Waals surface area contributed by atoms with Crippen molar-refractivity contribution in [2.45, 2.75) is 25.8 Å². The first kappa shape index (κ1) is 15.6. The molecule has 112 valence electrons. The van der Waals surface area contributed by atoms with Crippen LogP contribution in [0.1, 0.15) is 18.2 Å². The van der Waals surface area contributed by atoms with E-state index < -0.39 is 15.2 Å². The summed E-state index contributed by atoms with van der Waals surface area (Å²) >= 11 is 1.69. The molecule has 0 radical (unpaired) electrons. The zero-order valence-electron chi connectivity index (χ0n) is 11.9. The molecule has 0 spiro atoms. The second-order valence-corrected chi connectivity index (χ2v) is 8.43. The standard InChI is InChI=1S/C13H21N3O2S2/c1-3-20(17,18)13-9-19-5-4-16(13)12-6-10(2)15-8-11(12)7-14/h6,8,13H,3-5,7,9,14H2,1-2H3. The predicted molar refractivity (Wildman–Crippen MR) is 84.8 cm³/mol. The second kappa shape index (κ2) is 6.32. The summed E-state index contributed by atoms with van der Waals surface area (Å²) in [5, 5.41) is -0.460. The molecule has 7 heteroatoms. The van der Waals surface area contributed by atoms with Crippen LogP contribution in [0.15, 0.2) is 12.3 Å². The number of thioether (sulfide) groups is 1. The van der Waals surface area contributed by atoms with Crippen molar-refractivity contribution in [1.82, 2.24) is 4.98 Å². The summed E-state index contributed by atoms with van der Waals surface area (Å²) in [6.45, 7) is 4.70. The highest BCUT2D eigenvalue weighted by atomic mass is 32.2. The maximum atomic E-state index is 12.3. The Hall–Kier alpha value is -0.790. The van der Waals surface area contributed by atoms with Crippen LogP contribution in [0.2, 0.25) is 0 Å². The summed E-state index contributed by atoms with van der Waals surface area (Å²) in [6.07, 6.45) is 1.75. The minimum Gasteiger partial charge on any atom is -0.353 e. The number of nitrogens with zero attached hydrogens (tertiary/aromatic N) is 2. The Balaban J connectivity index is 2.45. The van der Waals surface area contributed by atoms with Gasteiger partial charge in [-0.1, -0.05) is 6.92 Å². The van der Waals surface area contributed by atoms with Crippen LogP contribution in [-0.2, 0) is 16.4 Å². The van der Waals surface area contributed by atoms with E-state index in [1.807, 2.05) is 17.9 Å². The molecule has 0 aromatic carbocycles. The lowest BCUT2D eigenvalue weighted by atomic mass is 10.2. The lowest BCUT2D eigenvalue weighted by molar-refractivity contribution is 0.579. The third-order valence-electron chi connectivity index (χ3n) is 3.53. The van der Waals surface area contributed by atoms with E-state index in [0.717, 1.165) is 29.2 Å². The van der Waals surface area contributed by atoms with Gasteiger partial charge in [0.2, 0.25) is 0 Å². The molecule has 0 amide bonds. The Morgan fingerprint density at radius 3 is 2.95 bits per heavy atom. The monoisotopic (exact) mass is 315 g/mol. The van der Waals surface area contributed by atoms with Gasteiger partial charge in [-0.05, 0) is 13.0 Å². The van der Waals surface area contributed by atoms with Gasteiger partial charge < -0.3 is 10.6 Å². The number of aryl methyl sites for hydroxylation is 1. The van der Waals surface area contributed by atoms with Crippen LogP contribution in [0.3, 0.4) is 0 Å². The van der Waals surface area contributed by atoms with E-state index in [1.54, 1.807) is 24.9 Å². The molecule has 2 rings (SSSR count). The fourth-order valence-corrected chi connectivity index (χ4v) is 5.33. The molecule has 2 N–H and O–H groups in total. The molecule has 5 nitrogen and oxygen atoms in total. The minimum atomic E-state index is -3.11. The van der Waals surface area contributed by atoms with Crippen LogP contribution in [0.5, 0.6) is 0 Å². The first-order valence-corrected chi connectivity index (χ1v) is 9.58. The van der Waals surface area contributed by atoms with E-state index in [1.165, 1.54) is 0 Å². The van der Waals surface area contributed by atoms with Gasteiger partial charge in [-0.2, -0.15) is 11.8 Å². The topological polar surface area (TPSA) is 76.3 Å². The van der Waals surface area contributed by atoms with Gasteiger partial charge in [-0.25, -0.2) is 8.42 Å². The Labute approximate surface area is 124 Å². The van der Waals surface area contributed by atoms with Crippen LogP contribution in [0.25, 0.3) is 0 Å². The number of rotatable bonds is 4. The Bertz CT molecular complexity index is 575. The van der Waals surface area contributed by atoms with Crippen molar-refractivity contribution in [3.05, 3.63) is 23.5 Å². The third kappa shape index (κ3) is 3.10. The molecule has 0 saturated carbocycles. The van der Waals surface area contributed by atoms with Crippen LogP contribution in [0, 0.1) is 6.92 Å². The molecule has 1 unspecified atom stereocenters. The molecule has 1 aliphatic rings. The lowest BCUT2D eigenvalue weighted by Crippen LogP contribution is -2.48. The van der Waals surface area contributed by atoms with Crippen molar-refractivity contribution in [1.29, 1.82) is 0 Å². The fourth-order valence-electron chi connectivity index (χ4n) is 2.34. The summed E-state index contributed by atoms with van der Waals surface area (Å²) in [6, 6.07) is 1.94. The van der Waals surface area contributed by atoms with Crippen molar-refractivity contribution in [3.8, 4) is 0 Å². The van der Waals surface area contributed by atoms with Crippen molar-refractivity contribution >= 4 is 27.3 Å². The largest absolute Gasteiger partial charge is 0.353 e. The maximum absolute atomic E-state index is 12.3. The Morgan fingerprint density at radius 2 is 2.30 bits per heavy atom. The van der Waals surface area contributed by atoms with E-state index >= 15 is 0 Å². The second-order valence-electron chi connectivity index (χ2n) is 4.83. The van der Waals surface area contributed by atoms with E-state index in [0.29, 0.717) is 12.3 Å². The van der Waals surface area contributed by atoms with E-state index in [2.05, 4.69) is 4.98 Å². The highest BCUT2D eigenvalue weighted by Gasteiger charge is 2.33. The minimum absolute atomic E-state index is 0.163. The average molecular weight is 315 g/mol. The third-order valence-corrected chi connectivity index (χ3v) is 6.82. The lowest BCUT2D eigenvalue weighted by Gasteiger charge is -2.37. The van der Waals surface area contributed by atoms with Gasteiger partial charge >= 0.3 is 0 Å². The SMILES string of the molecule is CCS(=O)(=O)C1CSCCN1c1cc(C)ncc1CN. The molecule has 20 heavy (non-hydrogen) atoms. The summed E-state index contributed by atoms with van der Waals surface area (Å²) in [4.78, 5) is 6.24. The summed E-state index contributed by atoms with van der Waals surface area (Å²) in [7, 11) is -3.11. The Kier molecular flexibility index (Phi) is 4.93. The fraction of sp³-hybridized carbons (Fsp3) is 0.615. The van der Waals surface area contributed by atoms with Crippen molar-refractivity contribution in [2.24, 2.45) is 5.73 Å². The van der Waals surface area contributed by atoms with Crippen molar-refractivity contribution in [3.63, 3.8) is 0 Å². The summed E-state index contributed by atoms with van der Waals surface area (Å²) < 4.78 is 24.6. The Morgan fingerprint density at radius 1 is 1.55 bits per heavy atom. The maximum Gasteiger partial charge on any atom is 0.171 e. The van der Waals surface area contributed by atoms with E-state index in [9.17, 15) is 8.42 Å². The molecular formula is C13H21N3O2S2. The smallest absolute Gasteiger partial charge is 0.171 e. The summed E-state index contributed by atoms with van der Waals surface area (Å²) in [5.41, 5.74) is 8.47. The van der Waals surface area contributed by atoms with Gasteiger partial charge in [-0.3, -0.25) is 4.98 Å². The zero-order chi connectivity index (χ0) is 14.8. The number of nitrogens with two attached hydrogens (primary N) is 1. The number of sulfone groups is 1. The molecule has 2 heterocycles. The highest BCUT2D eigenvalue weighted by Crippen LogP contribution is 2.30. The van der Waals surface area contributed by atoms with Gasteiger partial charge in [0, 0.05) is 53.5 Å². The molecule has 1 aromatic rings. The van der Waals surface area contributed by atoms with Gasteiger partial charge in [0.25, 0.3) is 0 Å². The van der Waals surface area contributed by atoms with Gasteiger partial charge in [0.15, 0.2) is 9.84 Å². The quantitative estimate of drug-likeness (QED) is 0.898. The predicted octanol–water partition coefficient (Wildman–Crippen LogP) is 1.16. The first-order valence-electron chi connectivity index (χ1n) is 6.71. The summed E-state index contributed by atoms with van der Waals surface area (Å²) in [5.74, 6) is 1.71. The number of hydrogen-bond acceptors (Lipinski definition) is 6. The number of pyridine rings is 1. The molecule has 1 aromatic heterocycles. The van der Waals surface area contributed by atoms with Crippen LogP contribution in [0.4, 0.5) is 5.69 Å². The van der Waals surface area contributed by atoms with Gasteiger partial charge in [-0.15, -0.1) is 0 Å². The van der Waals surface area contributed by atoms with E-state index in [4.69, 9.17) is 5.73 Å². The van der Waals surface area contributed by atoms with Gasteiger partial charge in [0.05, 0.1) is 0 Å². The zero-order valence-corrected chi connectivity index (χ0v) is 13.5. The van der Waals surface area contributed by atoms with Gasteiger partial charge in [0.1, 0.15) is 5.37 Å². The first-order chi connectivity index (χ1) is 9.49. The van der Waals surface area contributed by atoms with E-state index in [-0.39, 0.29) is 5.75 Å². The molecule has 1 fully saturated rings. The molecule has 0 bridgehead atoms. The molecule has 1 atom stereocenters. The normalized spacial score (nSPS) is 20.1. The number of anilines is 1. The molecular weight excluding hydrogens is 294 g/mol. The van der Waals surface area contributed by atoms with Crippen molar-refractivity contribution < 1.29 is 8.42 Å². The van der Waals surface area contributed by atoms with Crippen LogP contribution < -0.4 is 10.6 Å².